The molecule has 1 atom stereocenters. The Morgan fingerprint density at radius 3 is 2.33 bits per heavy atom. The number of likely N-dealkylation sites (tertiary alicyclic amines) is 1. The molecular formula is C16H23NO7. The second kappa shape index (κ2) is 8.47. The lowest BCUT2D eigenvalue weighted by Crippen LogP contribution is -2.45. The van der Waals surface area contributed by atoms with Crippen molar-refractivity contribution in [3.63, 3.8) is 0 Å². The van der Waals surface area contributed by atoms with E-state index in [1.807, 2.05) is 0 Å². The first-order valence-electron chi connectivity index (χ1n) is 7.59. The monoisotopic (exact) mass is 341 g/mol. The van der Waals surface area contributed by atoms with Crippen molar-refractivity contribution < 1.29 is 33.4 Å². The molecule has 1 aliphatic heterocycles. The first kappa shape index (κ1) is 19.7. The molecule has 1 aliphatic rings. The Labute approximate surface area is 140 Å². The van der Waals surface area contributed by atoms with Crippen LogP contribution in [0.3, 0.4) is 0 Å². The minimum atomic E-state index is -0.846. The number of carbonyl (C=O) groups is 4. The minimum absolute atomic E-state index is 0.401. The highest BCUT2D eigenvalue weighted by atomic mass is 16.6. The molecule has 0 bridgehead atoms. The molecule has 1 fully saturated rings. The number of nitrogens with zero attached hydrogens (tertiary/aromatic N) is 1. The van der Waals surface area contributed by atoms with Crippen LogP contribution in [0.5, 0.6) is 0 Å². The van der Waals surface area contributed by atoms with Gasteiger partial charge in [0.1, 0.15) is 11.6 Å². The van der Waals surface area contributed by atoms with E-state index >= 15 is 0 Å². The number of hydrogen-bond donors (Lipinski definition) is 0. The summed E-state index contributed by atoms with van der Waals surface area (Å²) >= 11 is 0. The smallest absolute Gasteiger partial charge is 0.331 e. The number of hydrogen-bond acceptors (Lipinski definition) is 7. The van der Waals surface area contributed by atoms with Gasteiger partial charge in [0.2, 0.25) is 0 Å². The Morgan fingerprint density at radius 1 is 1.12 bits per heavy atom. The summed E-state index contributed by atoms with van der Waals surface area (Å²) in [5, 5.41) is 0. The van der Waals surface area contributed by atoms with Crippen LogP contribution < -0.4 is 0 Å². The topological polar surface area (TPSA) is 99.2 Å². The summed E-state index contributed by atoms with van der Waals surface area (Å²) in [6.45, 7) is 5.15. The van der Waals surface area contributed by atoms with Crippen molar-refractivity contribution in [3.05, 3.63) is 12.2 Å². The summed E-state index contributed by atoms with van der Waals surface area (Å²) < 4.78 is 14.4. The van der Waals surface area contributed by atoms with E-state index in [9.17, 15) is 19.2 Å². The van der Waals surface area contributed by atoms with E-state index in [1.165, 1.54) is 12.0 Å². The van der Waals surface area contributed by atoms with Gasteiger partial charge in [-0.05, 0) is 33.6 Å². The number of ether oxygens (including phenoxy) is 3. The fourth-order valence-corrected chi connectivity index (χ4v) is 2.15. The van der Waals surface area contributed by atoms with Crippen LogP contribution in [0.15, 0.2) is 12.2 Å². The molecule has 0 N–H and O–H groups in total. The number of rotatable bonds is 5. The van der Waals surface area contributed by atoms with Crippen molar-refractivity contribution in [2.24, 2.45) is 0 Å². The average Bonchev–Trinajstić information content (AvgIpc) is 2.98. The fraction of sp³-hybridized carbons (Fsp3) is 0.625. The molecule has 0 aliphatic carbocycles. The van der Waals surface area contributed by atoms with Gasteiger partial charge < -0.3 is 19.1 Å². The lowest BCUT2D eigenvalue weighted by Gasteiger charge is -2.27. The van der Waals surface area contributed by atoms with E-state index in [1.54, 1.807) is 20.8 Å². The van der Waals surface area contributed by atoms with Gasteiger partial charge in [-0.25, -0.2) is 14.4 Å². The molecule has 1 amide bonds. The van der Waals surface area contributed by atoms with Gasteiger partial charge >= 0.3 is 17.9 Å². The van der Waals surface area contributed by atoms with Crippen LogP contribution in [0, 0.1) is 0 Å². The van der Waals surface area contributed by atoms with Crippen LogP contribution in [0.2, 0.25) is 0 Å². The van der Waals surface area contributed by atoms with Gasteiger partial charge in [0.05, 0.1) is 7.11 Å². The van der Waals surface area contributed by atoms with Crippen molar-refractivity contribution >= 4 is 23.8 Å². The summed E-state index contributed by atoms with van der Waals surface area (Å²) in [7, 11) is 1.17. The molecule has 0 aromatic rings. The second-order valence-electron chi connectivity index (χ2n) is 6.24. The average molecular weight is 341 g/mol. The minimum Gasteiger partial charge on any atom is -0.466 e. The molecule has 8 heteroatoms. The van der Waals surface area contributed by atoms with Crippen LogP contribution in [0.1, 0.15) is 33.6 Å². The quantitative estimate of drug-likeness (QED) is 0.410. The largest absolute Gasteiger partial charge is 0.466 e. The van der Waals surface area contributed by atoms with Gasteiger partial charge in [-0.1, -0.05) is 0 Å². The molecule has 0 aromatic heterocycles. The third kappa shape index (κ3) is 6.39. The molecule has 0 saturated carbocycles. The van der Waals surface area contributed by atoms with E-state index in [0.29, 0.717) is 19.4 Å². The molecular weight excluding hydrogens is 318 g/mol. The third-order valence-electron chi connectivity index (χ3n) is 3.15. The molecule has 24 heavy (non-hydrogen) atoms. The molecule has 0 spiro atoms. The van der Waals surface area contributed by atoms with Crippen molar-refractivity contribution in [2.45, 2.75) is 45.3 Å². The van der Waals surface area contributed by atoms with Gasteiger partial charge in [-0.15, -0.1) is 0 Å². The Hall–Kier alpha value is -2.38. The van der Waals surface area contributed by atoms with Crippen molar-refractivity contribution in [1.82, 2.24) is 4.90 Å². The SMILES string of the molecule is COC(=O)C=CC(=O)OCC(=O)N1CCC[C@H]1C(=O)OC(C)(C)C. The van der Waals surface area contributed by atoms with Crippen molar-refractivity contribution in [3.8, 4) is 0 Å². The van der Waals surface area contributed by atoms with Crippen LogP contribution in [0.25, 0.3) is 0 Å². The van der Waals surface area contributed by atoms with Crippen LogP contribution in [0.4, 0.5) is 0 Å². The zero-order chi connectivity index (χ0) is 18.3. The maximum absolute atomic E-state index is 12.1. The van der Waals surface area contributed by atoms with Gasteiger partial charge in [-0.3, -0.25) is 4.79 Å². The molecule has 0 radical (unpaired) electrons. The van der Waals surface area contributed by atoms with E-state index < -0.39 is 42.1 Å². The van der Waals surface area contributed by atoms with Crippen LogP contribution >= 0.6 is 0 Å². The normalized spacial score (nSPS) is 17.7. The highest BCUT2D eigenvalue weighted by molar-refractivity contribution is 5.93. The highest BCUT2D eigenvalue weighted by Gasteiger charge is 2.37. The zero-order valence-electron chi connectivity index (χ0n) is 14.4. The standard InChI is InChI=1S/C16H23NO7/c1-16(2,3)24-15(21)11-6-5-9-17(11)12(18)10-23-14(20)8-7-13(19)22-4/h7-8,11H,5-6,9-10H2,1-4H3/t11-/m0/s1. The van der Waals surface area contributed by atoms with E-state index in [-0.39, 0.29) is 0 Å². The predicted octanol–water partition coefficient (Wildman–Crippen LogP) is 0.591. The summed E-state index contributed by atoms with van der Waals surface area (Å²) in [6, 6.07) is -0.666. The molecule has 0 aromatic carbocycles. The zero-order valence-corrected chi connectivity index (χ0v) is 14.4. The summed E-state index contributed by atoms with van der Waals surface area (Å²) in [5.41, 5.74) is -0.639. The summed E-state index contributed by atoms with van der Waals surface area (Å²) in [5.74, 6) is -2.50. The number of amides is 1. The Morgan fingerprint density at radius 2 is 1.75 bits per heavy atom. The maximum Gasteiger partial charge on any atom is 0.331 e. The first-order chi connectivity index (χ1) is 11.1. The van der Waals surface area contributed by atoms with Gasteiger partial charge in [-0.2, -0.15) is 0 Å². The predicted molar refractivity (Wildman–Crippen MR) is 82.7 cm³/mol. The van der Waals surface area contributed by atoms with Gasteiger partial charge in [0.15, 0.2) is 6.61 Å². The maximum atomic E-state index is 12.1. The lowest BCUT2D eigenvalue weighted by atomic mass is 10.1. The number of carbonyl (C=O) groups excluding carboxylic acids is 4. The molecule has 0 unspecified atom stereocenters. The molecule has 8 nitrogen and oxygen atoms in total. The molecule has 1 heterocycles. The van der Waals surface area contributed by atoms with Crippen LogP contribution in [-0.2, 0) is 33.4 Å². The Kier molecular flexibility index (Phi) is 6.94. The summed E-state index contributed by atoms with van der Waals surface area (Å²) in [6.07, 6.45) is 2.95. The van der Waals surface area contributed by atoms with E-state index in [0.717, 1.165) is 12.2 Å². The third-order valence-corrected chi connectivity index (χ3v) is 3.15. The van der Waals surface area contributed by atoms with Crippen molar-refractivity contribution in [2.75, 3.05) is 20.3 Å². The van der Waals surface area contributed by atoms with E-state index in [4.69, 9.17) is 9.47 Å². The Bertz CT molecular complexity index is 533. The molecule has 134 valence electrons. The summed E-state index contributed by atoms with van der Waals surface area (Å²) in [4.78, 5) is 47.9. The first-order valence-corrected chi connectivity index (χ1v) is 7.59. The van der Waals surface area contributed by atoms with Crippen molar-refractivity contribution in [1.29, 1.82) is 0 Å². The van der Waals surface area contributed by atoms with Crippen LogP contribution in [-0.4, -0.2) is 60.6 Å². The fourth-order valence-electron chi connectivity index (χ4n) is 2.15. The van der Waals surface area contributed by atoms with Gasteiger partial charge in [0.25, 0.3) is 5.91 Å². The molecule has 1 rings (SSSR count). The highest BCUT2D eigenvalue weighted by Crippen LogP contribution is 2.21. The van der Waals surface area contributed by atoms with Gasteiger partial charge in [0, 0.05) is 18.7 Å². The second-order valence-corrected chi connectivity index (χ2v) is 6.24. The molecule has 1 saturated heterocycles. The van der Waals surface area contributed by atoms with E-state index in [2.05, 4.69) is 4.74 Å². The number of esters is 3. The Balaban J connectivity index is 2.54. The lowest BCUT2D eigenvalue weighted by molar-refractivity contribution is -0.164. The number of methoxy groups -OCH3 is 1.